The molecule has 0 aliphatic carbocycles. The molecule has 0 radical (unpaired) electrons. The lowest BCUT2D eigenvalue weighted by Gasteiger charge is -2.37. The molecule has 1 aliphatic heterocycles. The molecule has 0 bridgehead atoms. The minimum absolute atomic E-state index is 0.272. The van der Waals surface area contributed by atoms with Gasteiger partial charge in [-0.25, -0.2) is 0 Å². The van der Waals surface area contributed by atoms with E-state index in [0.29, 0.717) is 0 Å². The van der Waals surface area contributed by atoms with Gasteiger partial charge in [-0.1, -0.05) is 29.8 Å². The number of nitrogens with zero attached hydrogens (tertiary/aromatic N) is 1. The summed E-state index contributed by atoms with van der Waals surface area (Å²) in [6.07, 6.45) is 0.779. The normalized spacial score (nSPS) is 21.0. The number of carboxylic acids is 1. The minimum Gasteiger partial charge on any atom is -0.480 e. The molecule has 0 spiro atoms. The molecule has 1 saturated heterocycles. The standard InChI is InChI=1S/C12H15NO2/c1-9-2-4-10(5-3-9)8-13-7-6-11(13)12(14)15/h2-5,11H,6-8H2,1H3,(H,14,15). The van der Waals surface area contributed by atoms with Gasteiger partial charge in [0.25, 0.3) is 0 Å². The highest BCUT2D eigenvalue weighted by Crippen LogP contribution is 2.20. The van der Waals surface area contributed by atoms with Crippen molar-refractivity contribution in [1.29, 1.82) is 0 Å². The van der Waals surface area contributed by atoms with Gasteiger partial charge in [-0.15, -0.1) is 0 Å². The smallest absolute Gasteiger partial charge is 0.320 e. The molecule has 1 fully saturated rings. The highest BCUT2D eigenvalue weighted by atomic mass is 16.4. The van der Waals surface area contributed by atoms with Crippen LogP contribution in [0.5, 0.6) is 0 Å². The summed E-state index contributed by atoms with van der Waals surface area (Å²) in [4.78, 5) is 12.8. The van der Waals surface area contributed by atoms with Crippen molar-refractivity contribution in [2.75, 3.05) is 6.54 Å². The quantitative estimate of drug-likeness (QED) is 0.815. The van der Waals surface area contributed by atoms with Crippen molar-refractivity contribution in [2.24, 2.45) is 0 Å². The highest BCUT2D eigenvalue weighted by molar-refractivity contribution is 5.74. The average Bonchev–Trinajstić information content (AvgIpc) is 2.14. The molecule has 80 valence electrons. The van der Waals surface area contributed by atoms with Gasteiger partial charge in [-0.2, -0.15) is 0 Å². The van der Waals surface area contributed by atoms with E-state index >= 15 is 0 Å². The van der Waals surface area contributed by atoms with E-state index in [1.165, 1.54) is 11.1 Å². The largest absolute Gasteiger partial charge is 0.480 e. The Bertz CT molecular complexity index is 358. The predicted molar refractivity (Wildman–Crippen MR) is 57.6 cm³/mol. The number of hydrogen-bond donors (Lipinski definition) is 1. The van der Waals surface area contributed by atoms with E-state index in [1.54, 1.807) is 0 Å². The number of rotatable bonds is 3. The second kappa shape index (κ2) is 4.03. The zero-order valence-electron chi connectivity index (χ0n) is 8.81. The first-order chi connectivity index (χ1) is 7.16. The summed E-state index contributed by atoms with van der Waals surface area (Å²) in [6, 6.07) is 7.97. The molecule has 1 aromatic rings. The summed E-state index contributed by atoms with van der Waals surface area (Å²) in [5.41, 5.74) is 2.42. The van der Waals surface area contributed by atoms with Crippen LogP contribution in [0, 0.1) is 6.92 Å². The van der Waals surface area contributed by atoms with Gasteiger partial charge in [0.1, 0.15) is 6.04 Å². The van der Waals surface area contributed by atoms with Crippen LogP contribution in [-0.4, -0.2) is 28.6 Å². The Hall–Kier alpha value is -1.35. The molecule has 1 aliphatic rings. The molecule has 0 aromatic heterocycles. The van der Waals surface area contributed by atoms with Crippen LogP contribution >= 0.6 is 0 Å². The van der Waals surface area contributed by atoms with Crippen LogP contribution < -0.4 is 0 Å². The van der Waals surface area contributed by atoms with Crippen LogP contribution in [0.3, 0.4) is 0 Å². The van der Waals surface area contributed by atoms with E-state index in [2.05, 4.69) is 24.3 Å². The van der Waals surface area contributed by atoms with Crippen molar-refractivity contribution in [2.45, 2.75) is 25.9 Å². The molecule has 1 atom stereocenters. The molecule has 1 aromatic carbocycles. The van der Waals surface area contributed by atoms with Crippen molar-refractivity contribution in [3.05, 3.63) is 35.4 Å². The number of aliphatic carboxylic acids is 1. The van der Waals surface area contributed by atoms with Crippen LogP contribution in [0.2, 0.25) is 0 Å². The van der Waals surface area contributed by atoms with Crippen LogP contribution in [0.1, 0.15) is 17.5 Å². The van der Waals surface area contributed by atoms with E-state index in [9.17, 15) is 4.79 Å². The van der Waals surface area contributed by atoms with Crippen molar-refractivity contribution >= 4 is 5.97 Å². The van der Waals surface area contributed by atoms with E-state index in [1.807, 2.05) is 11.8 Å². The number of carbonyl (C=O) groups is 1. The van der Waals surface area contributed by atoms with Crippen molar-refractivity contribution in [3.63, 3.8) is 0 Å². The molecule has 2 rings (SSSR count). The molecule has 1 unspecified atom stereocenters. The first-order valence-electron chi connectivity index (χ1n) is 5.19. The lowest BCUT2D eigenvalue weighted by Crippen LogP contribution is -2.51. The van der Waals surface area contributed by atoms with Gasteiger partial charge in [0.15, 0.2) is 0 Å². The number of hydrogen-bond acceptors (Lipinski definition) is 2. The molecule has 1 heterocycles. The monoisotopic (exact) mass is 205 g/mol. The van der Waals surface area contributed by atoms with Gasteiger partial charge >= 0.3 is 5.97 Å². The van der Waals surface area contributed by atoms with Crippen LogP contribution in [-0.2, 0) is 11.3 Å². The fraction of sp³-hybridized carbons (Fsp3) is 0.417. The van der Waals surface area contributed by atoms with Gasteiger partial charge in [-0.05, 0) is 18.9 Å². The molecule has 0 saturated carbocycles. The second-order valence-corrected chi connectivity index (χ2v) is 4.10. The van der Waals surface area contributed by atoms with E-state index in [-0.39, 0.29) is 6.04 Å². The number of aryl methyl sites for hydroxylation is 1. The molecular formula is C12H15NO2. The van der Waals surface area contributed by atoms with E-state index < -0.39 is 5.97 Å². The van der Waals surface area contributed by atoms with Gasteiger partial charge in [0.2, 0.25) is 0 Å². The summed E-state index contributed by atoms with van der Waals surface area (Å²) < 4.78 is 0. The topological polar surface area (TPSA) is 40.5 Å². The van der Waals surface area contributed by atoms with Gasteiger partial charge in [0, 0.05) is 13.1 Å². The number of likely N-dealkylation sites (tertiary alicyclic amines) is 1. The zero-order chi connectivity index (χ0) is 10.8. The first kappa shape index (κ1) is 10.2. The average molecular weight is 205 g/mol. The fourth-order valence-corrected chi connectivity index (χ4v) is 1.84. The Kier molecular flexibility index (Phi) is 2.73. The summed E-state index contributed by atoms with van der Waals surface area (Å²) in [5.74, 6) is -0.701. The summed E-state index contributed by atoms with van der Waals surface area (Å²) in [5, 5.41) is 8.88. The van der Waals surface area contributed by atoms with Crippen molar-refractivity contribution in [1.82, 2.24) is 4.90 Å². The molecular weight excluding hydrogens is 190 g/mol. The lowest BCUT2D eigenvalue weighted by atomic mass is 10.0. The number of carboxylic acid groups (broad SMARTS) is 1. The third kappa shape index (κ3) is 2.18. The molecule has 3 nitrogen and oxygen atoms in total. The van der Waals surface area contributed by atoms with Gasteiger partial charge < -0.3 is 5.11 Å². The maximum atomic E-state index is 10.8. The van der Waals surface area contributed by atoms with Crippen molar-refractivity contribution < 1.29 is 9.90 Å². The summed E-state index contributed by atoms with van der Waals surface area (Å²) in [7, 11) is 0. The predicted octanol–water partition coefficient (Wildman–Crippen LogP) is 1.65. The van der Waals surface area contributed by atoms with Gasteiger partial charge in [0.05, 0.1) is 0 Å². The molecule has 3 heteroatoms. The van der Waals surface area contributed by atoms with Crippen LogP contribution in [0.15, 0.2) is 24.3 Å². The Morgan fingerprint density at radius 2 is 2.13 bits per heavy atom. The Balaban J connectivity index is 1.97. The maximum absolute atomic E-state index is 10.8. The number of benzene rings is 1. The van der Waals surface area contributed by atoms with E-state index in [4.69, 9.17) is 5.11 Å². The van der Waals surface area contributed by atoms with Gasteiger partial charge in [-0.3, -0.25) is 9.69 Å². The molecule has 0 amide bonds. The third-order valence-corrected chi connectivity index (χ3v) is 2.92. The summed E-state index contributed by atoms with van der Waals surface area (Å²) >= 11 is 0. The van der Waals surface area contributed by atoms with E-state index in [0.717, 1.165) is 19.5 Å². The SMILES string of the molecule is Cc1ccc(CN2CCC2C(=O)O)cc1. The zero-order valence-corrected chi connectivity index (χ0v) is 8.81. The van der Waals surface area contributed by atoms with Crippen molar-refractivity contribution in [3.8, 4) is 0 Å². The highest BCUT2D eigenvalue weighted by Gasteiger charge is 2.33. The minimum atomic E-state index is -0.701. The lowest BCUT2D eigenvalue weighted by molar-refractivity contribution is -0.148. The molecule has 1 N–H and O–H groups in total. The van der Waals surface area contributed by atoms with Crippen LogP contribution in [0.4, 0.5) is 0 Å². The second-order valence-electron chi connectivity index (χ2n) is 4.10. The Morgan fingerprint density at radius 3 is 2.60 bits per heavy atom. The summed E-state index contributed by atoms with van der Waals surface area (Å²) in [6.45, 7) is 3.69. The molecule has 15 heavy (non-hydrogen) atoms. The fourth-order valence-electron chi connectivity index (χ4n) is 1.84. The first-order valence-corrected chi connectivity index (χ1v) is 5.19. The Morgan fingerprint density at radius 1 is 1.47 bits per heavy atom. The third-order valence-electron chi connectivity index (χ3n) is 2.92. The van der Waals surface area contributed by atoms with Crippen LogP contribution in [0.25, 0.3) is 0 Å². The maximum Gasteiger partial charge on any atom is 0.320 e. The Labute approximate surface area is 89.3 Å².